The van der Waals surface area contributed by atoms with Crippen LogP contribution in [0.25, 0.3) is 0 Å². The highest BCUT2D eigenvalue weighted by Gasteiger charge is 2.09. The first-order chi connectivity index (χ1) is 12.5. The highest BCUT2D eigenvalue weighted by atomic mass is 32.1. The highest BCUT2D eigenvalue weighted by Crippen LogP contribution is 2.25. The van der Waals surface area contributed by atoms with Crippen LogP contribution in [-0.4, -0.2) is 23.8 Å². The Morgan fingerprint density at radius 2 is 1.77 bits per heavy atom. The first-order valence-electron chi connectivity index (χ1n) is 8.00. The van der Waals surface area contributed by atoms with Crippen molar-refractivity contribution in [2.24, 2.45) is 0 Å². The lowest BCUT2D eigenvalue weighted by Gasteiger charge is -2.13. The molecule has 0 amide bonds. The van der Waals surface area contributed by atoms with Crippen molar-refractivity contribution < 1.29 is 14.6 Å². The van der Waals surface area contributed by atoms with Crippen molar-refractivity contribution in [2.45, 2.75) is 11.7 Å². The van der Waals surface area contributed by atoms with Crippen LogP contribution in [0.15, 0.2) is 53.3 Å². The number of benzene rings is 2. The molecule has 136 valence electrons. The quantitative estimate of drug-likeness (QED) is 0.538. The van der Waals surface area contributed by atoms with Gasteiger partial charge in [0.05, 0.1) is 17.2 Å². The number of thiazole rings is 1. The fourth-order valence-corrected chi connectivity index (χ4v) is 3.46. The summed E-state index contributed by atoms with van der Waals surface area (Å²) in [4.78, 5) is 14.0. The van der Waals surface area contributed by atoms with Gasteiger partial charge in [0, 0.05) is 6.42 Å². The Hall–Kier alpha value is -2.38. The van der Waals surface area contributed by atoms with Crippen molar-refractivity contribution in [1.82, 2.24) is 4.98 Å². The maximum absolute atomic E-state index is 11.2. The molecule has 3 rings (SSSR count). The third-order valence-corrected chi connectivity index (χ3v) is 5.22. The van der Waals surface area contributed by atoms with Crippen LogP contribution in [-0.2, 0) is 6.42 Å². The third kappa shape index (κ3) is 4.62. The van der Waals surface area contributed by atoms with E-state index in [1.165, 1.54) is 0 Å². The molecule has 0 saturated carbocycles. The average Bonchev–Trinajstić information content (AvgIpc) is 2.98. The lowest BCUT2D eigenvalue weighted by Crippen LogP contribution is -2.05. The molecule has 1 heterocycles. The number of aromatic hydroxyl groups is 1. The van der Waals surface area contributed by atoms with E-state index in [4.69, 9.17) is 9.47 Å². The van der Waals surface area contributed by atoms with Gasteiger partial charge in [-0.05, 0) is 35.4 Å². The van der Waals surface area contributed by atoms with E-state index in [0.717, 1.165) is 34.0 Å². The molecule has 3 aromatic rings. The lowest BCUT2D eigenvalue weighted by molar-refractivity contribution is 0.319. The van der Waals surface area contributed by atoms with Crippen molar-refractivity contribution in [1.29, 1.82) is 0 Å². The predicted octanol–water partition coefficient (Wildman–Crippen LogP) is 3.79. The topological polar surface area (TPSA) is 71.5 Å². The number of thiol groups is 1. The van der Waals surface area contributed by atoms with Gasteiger partial charge in [0.15, 0.2) is 0 Å². The first-order valence-corrected chi connectivity index (χ1v) is 9.33. The van der Waals surface area contributed by atoms with Crippen LogP contribution in [0.4, 0.5) is 0 Å². The first kappa shape index (κ1) is 18.4. The largest absolute Gasteiger partial charge is 0.497 e. The molecule has 7 heteroatoms. The van der Waals surface area contributed by atoms with Crippen molar-refractivity contribution in [3.8, 4) is 17.4 Å². The molecule has 0 bridgehead atoms. The molecule has 2 N–H and O–H groups in total. The molecule has 1 aromatic heterocycles. The van der Waals surface area contributed by atoms with Gasteiger partial charge in [-0.3, -0.25) is 9.78 Å². The summed E-state index contributed by atoms with van der Waals surface area (Å²) in [6, 6.07) is 15.3. The summed E-state index contributed by atoms with van der Waals surface area (Å²) < 4.78 is 11.0. The normalized spacial score (nSPS) is 11.9. The molecule has 0 aliphatic rings. The minimum atomic E-state index is -0.254. The Morgan fingerprint density at radius 3 is 2.35 bits per heavy atom. The molecule has 0 radical (unpaired) electrons. The Bertz CT molecular complexity index is 901. The maximum atomic E-state index is 11.2. The number of rotatable bonds is 7. The Labute approximate surface area is 160 Å². The smallest absolute Gasteiger partial charge is 0.307 e. The molecule has 0 spiro atoms. The summed E-state index contributed by atoms with van der Waals surface area (Å²) >= 11 is 5.60. The Balaban J connectivity index is 1.56. The molecule has 0 aliphatic heterocycles. The minimum Gasteiger partial charge on any atom is -0.497 e. The highest BCUT2D eigenvalue weighted by molar-refractivity contribution is 7.80. The summed E-state index contributed by atoms with van der Waals surface area (Å²) in [5.41, 5.74) is 2.05. The van der Waals surface area contributed by atoms with Crippen LogP contribution >= 0.6 is 24.0 Å². The van der Waals surface area contributed by atoms with E-state index in [1.807, 2.05) is 48.5 Å². The Kier molecular flexibility index (Phi) is 5.90. The fourth-order valence-electron chi connectivity index (χ4n) is 2.46. The zero-order valence-electron chi connectivity index (χ0n) is 14.1. The molecular formula is C19H19NO4S2. The van der Waals surface area contributed by atoms with Crippen molar-refractivity contribution >= 4 is 24.0 Å². The molecule has 0 fully saturated rings. The van der Waals surface area contributed by atoms with Crippen LogP contribution in [0.2, 0.25) is 0 Å². The predicted molar refractivity (Wildman–Crippen MR) is 106 cm³/mol. The van der Waals surface area contributed by atoms with Gasteiger partial charge in [-0.1, -0.05) is 35.6 Å². The van der Waals surface area contributed by atoms with Crippen LogP contribution in [0.5, 0.6) is 17.4 Å². The van der Waals surface area contributed by atoms with Gasteiger partial charge in [-0.25, -0.2) is 0 Å². The number of H-pyrrole nitrogens is 1. The number of ether oxygens (including phenoxy) is 2. The van der Waals surface area contributed by atoms with E-state index in [0.29, 0.717) is 17.9 Å². The minimum absolute atomic E-state index is 0.0466. The van der Waals surface area contributed by atoms with Crippen molar-refractivity contribution in [3.63, 3.8) is 0 Å². The van der Waals surface area contributed by atoms with E-state index in [-0.39, 0.29) is 16.0 Å². The monoisotopic (exact) mass is 389 g/mol. The molecular weight excluding hydrogens is 370 g/mol. The van der Waals surface area contributed by atoms with E-state index in [2.05, 4.69) is 17.6 Å². The van der Waals surface area contributed by atoms with Gasteiger partial charge < -0.3 is 14.6 Å². The average molecular weight is 389 g/mol. The van der Waals surface area contributed by atoms with Gasteiger partial charge in [0.1, 0.15) is 18.1 Å². The van der Waals surface area contributed by atoms with Crippen molar-refractivity contribution in [2.75, 3.05) is 13.7 Å². The molecule has 1 atom stereocenters. The molecule has 5 nitrogen and oxygen atoms in total. The number of hydrogen-bond acceptors (Lipinski definition) is 6. The van der Waals surface area contributed by atoms with E-state index in [1.54, 1.807) is 7.11 Å². The number of methoxy groups -OCH3 is 1. The molecule has 0 saturated heterocycles. The molecule has 0 aliphatic carbocycles. The zero-order chi connectivity index (χ0) is 18.5. The summed E-state index contributed by atoms with van der Waals surface area (Å²) in [6.07, 6.45) is 0.497. The lowest BCUT2D eigenvalue weighted by atomic mass is 10.1. The number of aromatic amines is 1. The van der Waals surface area contributed by atoms with Gasteiger partial charge in [-0.2, -0.15) is 12.6 Å². The van der Waals surface area contributed by atoms with Crippen LogP contribution in [0, 0.1) is 0 Å². The van der Waals surface area contributed by atoms with E-state index >= 15 is 0 Å². The van der Waals surface area contributed by atoms with E-state index < -0.39 is 0 Å². The van der Waals surface area contributed by atoms with Crippen LogP contribution in [0.1, 0.15) is 21.3 Å². The second-order valence-corrected chi connectivity index (χ2v) is 7.40. The van der Waals surface area contributed by atoms with Gasteiger partial charge in [0.2, 0.25) is 5.88 Å². The number of nitrogens with one attached hydrogen (secondary N) is 1. The van der Waals surface area contributed by atoms with Crippen molar-refractivity contribution in [3.05, 3.63) is 74.2 Å². The SMILES string of the molecule is COc1ccc(C(S)COc2ccc(Cc3sc(=O)[nH]c3O)cc2)cc1. The second-order valence-electron chi connectivity index (χ2n) is 5.71. The van der Waals surface area contributed by atoms with E-state index in [9.17, 15) is 9.90 Å². The van der Waals surface area contributed by atoms with Gasteiger partial charge >= 0.3 is 4.87 Å². The van der Waals surface area contributed by atoms with Crippen LogP contribution in [0.3, 0.4) is 0 Å². The summed E-state index contributed by atoms with van der Waals surface area (Å²) in [7, 11) is 1.64. The third-order valence-electron chi connectivity index (χ3n) is 3.90. The molecule has 1 unspecified atom stereocenters. The summed E-state index contributed by atoms with van der Waals surface area (Å²) in [5.74, 6) is 1.50. The zero-order valence-corrected chi connectivity index (χ0v) is 15.8. The maximum Gasteiger partial charge on any atom is 0.307 e. The summed E-state index contributed by atoms with van der Waals surface area (Å²) in [6.45, 7) is 0.439. The standard InChI is InChI=1S/C19H19NO4S2/c1-23-14-8-4-13(5-9-14)16(25)11-24-15-6-2-12(3-7-15)10-17-18(21)20-19(22)26-17/h2-9,16,21,25H,10-11H2,1H3,(H,20,22). The summed E-state index contributed by atoms with van der Waals surface area (Å²) in [5, 5.41) is 9.60. The second kappa shape index (κ2) is 8.33. The number of aromatic nitrogens is 1. The Morgan fingerprint density at radius 1 is 1.12 bits per heavy atom. The number of hydrogen-bond donors (Lipinski definition) is 3. The fraction of sp³-hybridized carbons (Fsp3) is 0.211. The molecule has 2 aromatic carbocycles. The van der Waals surface area contributed by atoms with Gasteiger partial charge in [0.25, 0.3) is 0 Å². The molecule has 26 heavy (non-hydrogen) atoms. The van der Waals surface area contributed by atoms with Crippen LogP contribution < -0.4 is 14.3 Å². The van der Waals surface area contributed by atoms with Gasteiger partial charge in [-0.15, -0.1) is 0 Å².